The Morgan fingerprint density at radius 2 is 1.92 bits per heavy atom. The van der Waals surface area contributed by atoms with Crippen LogP contribution < -0.4 is 0 Å². The topological polar surface area (TPSA) is 43.4 Å². The highest BCUT2D eigenvalue weighted by atomic mass is 79.9. The van der Waals surface area contributed by atoms with E-state index >= 15 is 0 Å². The number of ether oxygens (including phenoxy) is 1. The first kappa shape index (κ1) is 8.72. The van der Waals surface area contributed by atoms with E-state index < -0.39 is 11.9 Å². The van der Waals surface area contributed by atoms with E-state index in [0.717, 1.165) is 0 Å². The average Bonchev–Trinajstić information content (AvgIpc) is 2.27. The molecule has 0 radical (unpaired) electrons. The van der Waals surface area contributed by atoms with Crippen LogP contribution in [-0.4, -0.2) is 11.9 Å². The van der Waals surface area contributed by atoms with E-state index in [2.05, 4.69) is 20.7 Å². The first-order chi connectivity index (χ1) is 6.09. The smallest absolute Gasteiger partial charge is 0.348 e. The molecule has 2 rings (SSSR count). The number of cyclic esters (lactones) is 2. The van der Waals surface area contributed by atoms with Crippen LogP contribution in [-0.2, 0) is 4.74 Å². The molecule has 1 aromatic rings. The highest BCUT2D eigenvalue weighted by Crippen LogP contribution is 2.30. The van der Waals surface area contributed by atoms with Gasteiger partial charge in [0.15, 0.2) is 0 Å². The number of carbonyl (C=O) groups is 2. The third kappa shape index (κ3) is 1.26. The molecule has 0 amide bonds. The molecule has 0 N–H and O–H groups in total. The van der Waals surface area contributed by atoms with Crippen LogP contribution in [0.25, 0.3) is 0 Å². The van der Waals surface area contributed by atoms with Crippen LogP contribution >= 0.6 is 27.5 Å². The van der Waals surface area contributed by atoms with Gasteiger partial charge in [0.1, 0.15) is 0 Å². The minimum absolute atomic E-state index is 0.148. The summed E-state index contributed by atoms with van der Waals surface area (Å²) >= 11 is 8.91. The lowest BCUT2D eigenvalue weighted by Gasteiger charge is -1.96. The van der Waals surface area contributed by atoms with Crippen LogP contribution in [0.5, 0.6) is 0 Å². The normalized spacial score (nSPS) is 14.3. The summed E-state index contributed by atoms with van der Waals surface area (Å²) in [6.45, 7) is 0. The predicted octanol–water partition coefficient (Wildman–Crippen LogP) is 2.41. The molecule has 0 saturated carbocycles. The van der Waals surface area contributed by atoms with Gasteiger partial charge in [-0.05, 0) is 12.1 Å². The minimum Gasteiger partial charge on any atom is -0.386 e. The van der Waals surface area contributed by atoms with Gasteiger partial charge in [0.25, 0.3) is 0 Å². The van der Waals surface area contributed by atoms with E-state index in [1.807, 2.05) is 0 Å². The lowest BCUT2D eigenvalue weighted by Crippen LogP contribution is -1.97. The van der Waals surface area contributed by atoms with Crippen LogP contribution in [0.3, 0.4) is 0 Å². The van der Waals surface area contributed by atoms with Crippen molar-refractivity contribution in [3.63, 3.8) is 0 Å². The molecule has 0 spiro atoms. The number of rotatable bonds is 0. The van der Waals surface area contributed by atoms with Gasteiger partial charge in [-0.25, -0.2) is 9.59 Å². The Hall–Kier alpha value is -0.870. The van der Waals surface area contributed by atoms with Crippen molar-refractivity contribution in [2.24, 2.45) is 0 Å². The van der Waals surface area contributed by atoms with Crippen molar-refractivity contribution in [3.05, 3.63) is 32.8 Å². The fraction of sp³-hybridized carbons (Fsp3) is 0. The molecule has 0 aromatic heterocycles. The monoisotopic (exact) mass is 260 g/mol. The summed E-state index contributed by atoms with van der Waals surface area (Å²) in [4.78, 5) is 22.1. The van der Waals surface area contributed by atoms with Crippen LogP contribution in [0, 0.1) is 0 Å². The van der Waals surface area contributed by atoms with Gasteiger partial charge >= 0.3 is 11.9 Å². The van der Waals surface area contributed by atoms with Crippen LogP contribution in [0.2, 0.25) is 5.02 Å². The second-order valence-electron chi connectivity index (χ2n) is 2.49. The Morgan fingerprint density at radius 3 is 2.62 bits per heavy atom. The van der Waals surface area contributed by atoms with Gasteiger partial charge in [-0.3, -0.25) is 0 Å². The van der Waals surface area contributed by atoms with E-state index in [1.54, 1.807) is 6.07 Å². The Morgan fingerprint density at radius 1 is 1.23 bits per heavy atom. The largest absolute Gasteiger partial charge is 0.386 e. The predicted molar refractivity (Wildman–Crippen MR) is 48.9 cm³/mol. The molecule has 0 saturated heterocycles. The zero-order chi connectivity index (χ0) is 9.59. The van der Waals surface area contributed by atoms with Gasteiger partial charge in [-0.15, -0.1) is 0 Å². The van der Waals surface area contributed by atoms with Gasteiger partial charge in [0.05, 0.1) is 16.1 Å². The molecule has 1 heterocycles. The SMILES string of the molecule is O=C1OC(=O)c2c(Cl)cc(Br)cc21. The maximum atomic E-state index is 11.1. The Bertz CT molecular complexity index is 428. The third-order valence-corrected chi connectivity index (χ3v) is 2.42. The van der Waals surface area contributed by atoms with Crippen molar-refractivity contribution in [1.82, 2.24) is 0 Å². The molecule has 5 heteroatoms. The average molecular weight is 261 g/mol. The highest BCUT2D eigenvalue weighted by molar-refractivity contribution is 9.10. The second kappa shape index (κ2) is 2.82. The van der Waals surface area contributed by atoms with Crippen LogP contribution in [0.15, 0.2) is 16.6 Å². The quantitative estimate of drug-likeness (QED) is 0.532. The molecule has 66 valence electrons. The van der Waals surface area contributed by atoms with E-state index in [1.165, 1.54) is 6.07 Å². The first-order valence-corrected chi connectivity index (χ1v) is 4.52. The summed E-state index contributed by atoms with van der Waals surface area (Å²) in [6, 6.07) is 3.05. The number of esters is 2. The molecule has 3 nitrogen and oxygen atoms in total. The van der Waals surface area contributed by atoms with Crippen LogP contribution in [0.1, 0.15) is 20.7 Å². The first-order valence-electron chi connectivity index (χ1n) is 3.35. The van der Waals surface area contributed by atoms with E-state index in [-0.39, 0.29) is 16.1 Å². The van der Waals surface area contributed by atoms with Gasteiger partial charge in [0.2, 0.25) is 0 Å². The molecule has 1 aliphatic rings. The summed E-state index contributed by atoms with van der Waals surface area (Å²) in [6.07, 6.45) is 0. The molecule has 0 bridgehead atoms. The van der Waals surface area contributed by atoms with Gasteiger partial charge < -0.3 is 4.74 Å². The molecule has 0 atom stereocenters. The van der Waals surface area contributed by atoms with E-state index in [4.69, 9.17) is 11.6 Å². The molecule has 1 aliphatic heterocycles. The molecule has 0 unspecified atom stereocenters. The maximum Gasteiger partial charge on any atom is 0.348 e. The maximum absolute atomic E-state index is 11.1. The summed E-state index contributed by atoms with van der Waals surface area (Å²) < 4.78 is 5.03. The molecular weight excluding hydrogens is 259 g/mol. The van der Waals surface area contributed by atoms with Crippen LogP contribution in [0.4, 0.5) is 0 Å². The standard InChI is InChI=1S/C8H2BrClO3/c9-3-1-4-6(5(10)2-3)8(12)13-7(4)11/h1-2H. The number of carbonyl (C=O) groups excluding carboxylic acids is 2. The number of fused-ring (bicyclic) bond motifs is 1. The Balaban J connectivity index is 2.77. The summed E-state index contributed by atoms with van der Waals surface area (Å²) in [5.74, 6) is -1.33. The fourth-order valence-electron chi connectivity index (χ4n) is 1.13. The summed E-state index contributed by atoms with van der Waals surface area (Å²) in [5.41, 5.74) is 0.360. The number of hydrogen-bond acceptors (Lipinski definition) is 3. The second-order valence-corrected chi connectivity index (χ2v) is 3.81. The van der Waals surface area contributed by atoms with Crippen molar-refractivity contribution in [3.8, 4) is 0 Å². The molecular formula is C8H2BrClO3. The lowest BCUT2D eigenvalue weighted by molar-refractivity contribution is 0.0444. The zero-order valence-electron chi connectivity index (χ0n) is 6.14. The molecule has 0 fully saturated rings. The van der Waals surface area contributed by atoms with Crippen molar-refractivity contribution >= 4 is 39.5 Å². The molecule has 1 aromatic carbocycles. The molecule has 0 aliphatic carbocycles. The summed E-state index contributed by atoms with van der Waals surface area (Å²) in [7, 11) is 0. The van der Waals surface area contributed by atoms with E-state index in [0.29, 0.717) is 4.47 Å². The van der Waals surface area contributed by atoms with Crippen molar-refractivity contribution < 1.29 is 14.3 Å². The number of hydrogen-bond donors (Lipinski definition) is 0. The summed E-state index contributed by atoms with van der Waals surface area (Å²) in [5, 5.41) is 0.222. The Kier molecular flexibility index (Phi) is 1.89. The lowest BCUT2D eigenvalue weighted by atomic mass is 10.1. The number of benzene rings is 1. The zero-order valence-corrected chi connectivity index (χ0v) is 8.48. The number of halogens is 2. The van der Waals surface area contributed by atoms with E-state index in [9.17, 15) is 9.59 Å². The van der Waals surface area contributed by atoms with Gasteiger partial charge in [-0.1, -0.05) is 27.5 Å². The van der Waals surface area contributed by atoms with Gasteiger partial charge in [0, 0.05) is 4.47 Å². The minimum atomic E-state index is -0.683. The fourth-order valence-corrected chi connectivity index (χ4v) is 2.02. The van der Waals surface area contributed by atoms with Crippen molar-refractivity contribution in [2.45, 2.75) is 0 Å². The van der Waals surface area contributed by atoms with Crippen molar-refractivity contribution in [2.75, 3.05) is 0 Å². The third-order valence-electron chi connectivity index (χ3n) is 1.66. The Labute approximate surface area is 86.8 Å². The molecule has 13 heavy (non-hydrogen) atoms. The van der Waals surface area contributed by atoms with Gasteiger partial charge in [-0.2, -0.15) is 0 Å². The van der Waals surface area contributed by atoms with Crippen molar-refractivity contribution in [1.29, 1.82) is 0 Å². The highest BCUT2D eigenvalue weighted by Gasteiger charge is 2.32.